The summed E-state index contributed by atoms with van der Waals surface area (Å²) >= 11 is 1.86. The van der Waals surface area contributed by atoms with Gasteiger partial charge in [-0.05, 0) is 25.0 Å². The lowest BCUT2D eigenvalue weighted by Gasteiger charge is -2.32. The molecule has 3 N–H and O–H groups in total. The zero-order valence-electron chi connectivity index (χ0n) is 10.1. The maximum absolute atomic E-state index is 10.2. The van der Waals surface area contributed by atoms with Crippen molar-refractivity contribution in [2.45, 2.75) is 44.1 Å². The van der Waals surface area contributed by atoms with Crippen LogP contribution in [0.15, 0.2) is 0 Å². The number of hydrogen-bond acceptors (Lipinski definition) is 4. The number of hydrogen-bond donors (Lipinski definition) is 3. The Balaban J connectivity index is 1.93. The first kappa shape index (κ1) is 14.3. The third kappa shape index (κ3) is 6.09. The molecule has 0 heterocycles. The standard InChI is InChI=1S/C12H25NO2S/c14-8-4-9-16-10-7-13-11-12(15)5-2-1-3-6-12/h13-15H,1-11H2. The predicted molar refractivity (Wildman–Crippen MR) is 69.9 cm³/mol. The predicted octanol–water partition coefficient (Wildman–Crippen LogP) is 1.39. The summed E-state index contributed by atoms with van der Waals surface area (Å²) in [5.74, 6) is 2.10. The van der Waals surface area contributed by atoms with Gasteiger partial charge in [0.2, 0.25) is 0 Å². The van der Waals surface area contributed by atoms with Gasteiger partial charge in [0.15, 0.2) is 0 Å². The Bertz CT molecular complexity index is 172. The summed E-state index contributed by atoms with van der Waals surface area (Å²) in [5.41, 5.74) is -0.436. The minimum Gasteiger partial charge on any atom is -0.396 e. The Labute approximate surface area is 103 Å². The summed E-state index contributed by atoms with van der Waals surface area (Å²) in [7, 11) is 0. The zero-order valence-corrected chi connectivity index (χ0v) is 10.9. The van der Waals surface area contributed by atoms with Gasteiger partial charge in [-0.2, -0.15) is 11.8 Å². The molecule has 0 amide bonds. The highest BCUT2D eigenvalue weighted by Gasteiger charge is 2.28. The van der Waals surface area contributed by atoms with Crippen LogP contribution >= 0.6 is 11.8 Å². The first-order chi connectivity index (χ1) is 7.77. The number of nitrogens with one attached hydrogen (secondary N) is 1. The molecule has 96 valence electrons. The summed E-state index contributed by atoms with van der Waals surface area (Å²) in [4.78, 5) is 0. The summed E-state index contributed by atoms with van der Waals surface area (Å²) < 4.78 is 0. The largest absolute Gasteiger partial charge is 0.396 e. The third-order valence-electron chi connectivity index (χ3n) is 3.11. The van der Waals surface area contributed by atoms with Crippen LogP contribution in [0.2, 0.25) is 0 Å². The van der Waals surface area contributed by atoms with E-state index in [0.29, 0.717) is 6.61 Å². The van der Waals surface area contributed by atoms with E-state index in [2.05, 4.69) is 5.32 Å². The van der Waals surface area contributed by atoms with E-state index in [1.54, 1.807) is 0 Å². The average Bonchev–Trinajstić information content (AvgIpc) is 2.29. The molecule has 0 aromatic carbocycles. The van der Waals surface area contributed by atoms with E-state index in [9.17, 15) is 5.11 Å². The quantitative estimate of drug-likeness (QED) is 0.567. The van der Waals surface area contributed by atoms with Gasteiger partial charge >= 0.3 is 0 Å². The number of aliphatic hydroxyl groups is 2. The second kappa shape index (κ2) is 8.34. The van der Waals surface area contributed by atoms with Crippen LogP contribution in [0, 0.1) is 0 Å². The van der Waals surface area contributed by atoms with Gasteiger partial charge in [-0.3, -0.25) is 0 Å². The highest BCUT2D eigenvalue weighted by molar-refractivity contribution is 7.99. The maximum atomic E-state index is 10.2. The highest BCUT2D eigenvalue weighted by atomic mass is 32.2. The molecule has 0 aliphatic heterocycles. The third-order valence-corrected chi connectivity index (χ3v) is 4.18. The van der Waals surface area contributed by atoms with Crippen LogP contribution in [0.4, 0.5) is 0 Å². The normalized spacial score (nSPS) is 19.9. The molecule has 4 heteroatoms. The van der Waals surface area contributed by atoms with Crippen molar-refractivity contribution in [3.63, 3.8) is 0 Å². The van der Waals surface area contributed by atoms with Gasteiger partial charge in [-0.25, -0.2) is 0 Å². The first-order valence-electron chi connectivity index (χ1n) is 6.38. The monoisotopic (exact) mass is 247 g/mol. The fourth-order valence-electron chi connectivity index (χ4n) is 2.12. The Morgan fingerprint density at radius 3 is 2.56 bits per heavy atom. The molecule has 3 nitrogen and oxygen atoms in total. The van der Waals surface area contributed by atoms with Crippen LogP contribution in [0.5, 0.6) is 0 Å². The fraction of sp³-hybridized carbons (Fsp3) is 1.00. The van der Waals surface area contributed by atoms with E-state index < -0.39 is 5.60 Å². The first-order valence-corrected chi connectivity index (χ1v) is 7.54. The van der Waals surface area contributed by atoms with Gasteiger partial charge in [0.05, 0.1) is 5.60 Å². The SMILES string of the molecule is OCCCSCCNCC1(O)CCCCC1. The lowest BCUT2D eigenvalue weighted by atomic mass is 9.85. The molecule has 0 spiro atoms. The van der Waals surface area contributed by atoms with Crippen LogP contribution in [0.25, 0.3) is 0 Å². The van der Waals surface area contributed by atoms with Crippen LogP contribution < -0.4 is 5.32 Å². The van der Waals surface area contributed by atoms with Gasteiger partial charge in [0.25, 0.3) is 0 Å². The summed E-state index contributed by atoms with van der Waals surface area (Å²) in [6.07, 6.45) is 6.41. The van der Waals surface area contributed by atoms with Crippen molar-refractivity contribution in [1.82, 2.24) is 5.32 Å². The molecule has 0 unspecified atom stereocenters. The lowest BCUT2D eigenvalue weighted by molar-refractivity contribution is 0.00546. The van der Waals surface area contributed by atoms with Crippen LogP contribution in [-0.2, 0) is 0 Å². The minimum atomic E-state index is -0.436. The van der Waals surface area contributed by atoms with Gasteiger partial charge in [0.1, 0.15) is 0 Å². The summed E-state index contributed by atoms with van der Waals surface area (Å²) in [6, 6.07) is 0. The van der Waals surface area contributed by atoms with Crippen LogP contribution in [0.1, 0.15) is 38.5 Å². The van der Waals surface area contributed by atoms with Gasteiger partial charge < -0.3 is 15.5 Å². The maximum Gasteiger partial charge on any atom is 0.0771 e. The Hall–Kier alpha value is 0.230. The van der Waals surface area contributed by atoms with Crippen LogP contribution in [-0.4, -0.2) is 47.0 Å². The van der Waals surface area contributed by atoms with E-state index in [-0.39, 0.29) is 0 Å². The molecule has 0 bridgehead atoms. The molecule has 16 heavy (non-hydrogen) atoms. The number of aliphatic hydroxyl groups excluding tert-OH is 1. The van der Waals surface area contributed by atoms with Crippen molar-refractivity contribution in [1.29, 1.82) is 0 Å². The molecule has 0 aromatic rings. The molecule has 1 rings (SSSR count). The second-order valence-electron chi connectivity index (χ2n) is 4.65. The average molecular weight is 247 g/mol. The Morgan fingerprint density at radius 1 is 1.12 bits per heavy atom. The fourth-order valence-corrected chi connectivity index (χ4v) is 2.95. The van der Waals surface area contributed by atoms with Gasteiger partial charge in [0, 0.05) is 25.4 Å². The summed E-state index contributed by atoms with van der Waals surface area (Å²) in [5, 5.41) is 22.2. The van der Waals surface area contributed by atoms with E-state index in [1.807, 2.05) is 11.8 Å². The number of thioether (sulfide) groups is 1. The second-order valence-corrected chi connectivity index (χ2v) is 5.88. The van der Waals surface area contributed by atoms with Crippen LogP contribution in [0.3, 0.4) is 0 Å². The van der Waals surface area contributed by atoms with E-state index >= 15 is 0 Å². The van der Waals surface area contributed by atoms with E-state index in [1.165, 1.54) is 19.3 Å². The number of rotatable bonds is 8. The van der Waals surface area contributed by atoms with Crippen molar-refractivity contribution in [2.24, 2.45) is 0 Å². The van der Waals surface area contributed by atoms with Crippen molar-refractivity contribution in [2.75, 3.05) is 31.2 Å². The molecule has 0 aromatic heterocycles. The lowest BCUT2D eigenvalue weighted by Crippen LogP contribution is -2.42. The molecule has 1 aliphatic carbocycles. The van der Waals surface area contributed by atoms with Crippen molar-refractivity contribution < 1.29 is 10.2 Å². The Morgan fingerprint density at radius 2 is 1.88 bits per heavy atom. The molecule has 0 atom stereocenters. The van der Waals surface area contributed by atoms with Crippen molar-refractivity contribution in [3.8, 4) is 0 Å². The van der Waals surface area contributed by atoms with E-state index in [0.717, 1.165) is 43.9 Å². The molecule has 0 saturated heterocycles. The summed E-state index contributed by atoms with van der Waals surface area (Å²) in [6.45, 7) is 1.99. The topological polar surface area (TPSA) is 52.5 Å². The van der Waals surface area contributed by atoms with Crippen molar-refractivity contribution in [3.05, 3.63) is 0 Å². The minimum absolute atomic E-state index is 0.292. The molecule has 1 fully saturated rings. The smallest absolute Gasteiger partial charge is 0.0771 e. The molecule has 1 aliphatic rings. The molecule has 0 radical (unpaired) electrons. The highest BCUT2D eigenvalue weighted by Crippen LogP contribution is 2.27. The molecule has 1 saturated carbocycles. The van der Waals surface area contributed by atoms with Crippen molar-refractivity contribution >= 4 is 11.8 Å². The van der Waals surface area contributed by atoms with Gasteiger partial charge in [-0.1, -0.05) is 19.3 Å². The zero-order chi connectivity index (χ0) is 11.7. The Kier molecular flexibility index (Phi) is 7.45. The van der Waals surface area contributed by atoms with E-state index in [4.69, 9.17) is 5.11 Å². The molecular weight excluding hydrogens is 222 g/mol. The van der Waals surface area contributed by atoms with Gasteiger partial charge in [-0.15, -0.1) is 0 Å². The molecular formula is C12H25NO2S.